The summed E-state index contributed by atoms with van der Waals surface area (Å²) in [6.45, 7) is 0.770. The monoisotopic (exact) mass is 226 g/mol. The predicted molar refractivity (Wildman–Crippen MR) is 64.8 cm³/mol. The van der Waals surface area contributed by atoms with Crippen LogP contribution in [0.3, 0.4) is 0 Å². The number of rotatable bonds is 4. The Bertz CT molecular complexity index is 526. The standard InChI is InChI=1S/C14H14N2O/c17-14(12-3-4-12)13-5-7-16(10-13)9-11-2-1-6-15-8-11/h1-2,5-8,10,12H,3-4,9H2. The van der Waals surface area contributed by atoms with Crippen molar-refractivity contribution in [1.82, 2.24) is 9.55 Å². The number of carbonyl (C=O) groups excluding carboxylic acids is 1. The maximum Gasteiger partial charge on any atom is 0.167 e. The first-order valence-corrected chi connectivity index (χ1v) is 5.92. The molecule has 0 saturated heterocycles. The summed E-state index contributed by atoms with van der Waals surface area (Å²) in [5.41, 5.74) is 1.99. The molecule has 1 aliphatic carbocycles. The van der Waals surface area contributed by atoms with Crippen molar-refractivity contribution in [3.8, 4) is 0 Å². The second kappa shape index (κ2) is 4.17. The molecule has 0 aromatic carbocycles. The second-order valence-corrected chi connectivity index (χ2v) is 4.57. The third-order valence-electron chi connectivity index (χ3n) is 3.07. The van der Waals surface area contributed by atoms with Gasteiger partial charge in [0.2, 0.25) is 0 Å². The van der Waals surface area contributed by atoms with Crippen LogP contribution in [0, 0.1) is 5.92 Å². The van der Waals surface area contributed by atoms with Crippen LogP contribution in [0.25, 0.3) is 0 Å². The molecule has 0 atom stereocenters. The molecule has 1 saturated carbocycles. The van der Waals surface area contributed by atoms with Gasteiger partial charge in [0.1, 0.15) is 0 Å². The van der Waals surface area contributed by atoms with E-state index < -0.39 is 0 Å². The number of hydrogen-bond acceptors (Lipinski definition) is 2. The largest absolute Gasteiger partial charge is 0.349 e. The SMILES string of the molecule is O=C(c1ccn(Cc2cccnc2)c1)C1CC1. The van der Waals surface area contributed by atoms with Crippen molar-refractivity contribution in [3.63, 3.8) is 0 Å². The molecule has 2 heterocycles. The lowest BCUT2D eigenvalue weighted by atomic mass is 10.1. The molecule has 2 aromatic rings. The molecule has 86 valence electrons. The summed E-state index contributed by atoms with van der Waals surface area (Å²) >= 11 is 0. The van der Waals surface area contributed by atoms with Crippen molar-refractivity contribution in [3.05, 3.63) is 54.1 Å². The van der Waals surface area contributed by atoms with Gasteiger partial charge in [-0.15, -0.1) is 0 Å². The highest BCUT2D eigenvalue weighted by Crippen LogP contribution is 2.32. The number of carbonyl (C=O) groups is 1. The van der Waals surface area contributed by atoms with Crippen LogP contribution in [0.5, 0.6) is 0 Å². The number of pyridine rings is 1. The van der Waals surface area contributed by atoms with Crippen molar-refractivity contribution in [1.29, 1.82) is 0 Å². The number of nitrogens with zero attached hydrogens (tertiary/aromatic N) is 2. The van der Waals surface area contributed by atoms with Crippen LogP contribution in [0.15, 0.2) is 43.0 Å². The van der Waals surface area contributed by atoms with Crippen molar-refractivity contribution in [2.45, 2.75) is 19.4 Å². The lowest BCUT2D eigenvalue weighted by Gasteiger charge is -2.01. The zero-order chi connectivity index (χ0) is 11.7. The molecule has 0 spiro atoms. The summed E-state index contributed by atoms with van der Waals surface area (Å²) < 4.78 is 2.03. The van der Waals surface area contributed by atoms with Gasteiger partial charge in [-0.1, -0.05) is 6.07 Å². The van der Waals surface area contributed by atoms with Crippen LogP contribution >= 0.6 is 0 Å². The van der Waals surface area contributed by atoms with Crippen LogP contribution < -0.4 is 0 Å². The lowest BCUT2D eigenvalue weighted by molar-refractivity contribution is 0.0967. The Morgan fingerprint density at radius 3 is 3.00 bits per heavy atom. The van der Waals surface area contributed by atoms with E-state index in [0.29, 0.717) is 11.7 Å². The van der Waals surface area contributed by atoms with E-state index in [2.05, 4.69) is 4.98 Å². The maximum absolute atomic E-state index is 11.8. The van der Waals surface area contributed by atoms with Gasteiger partial charge < -0.3 is 4.57 Å². The van der Waals surface area contributed by atoms with Gasteiger partial charge in [0.15, 0.2) is 5.78 Å². The number of ketones is 1. The fourth-order valence-electron chi connectivity index (χ4n) is 1.97. The number of aromatic nitrogens is 2. The van der Waals surface area contributed by atoms with Gasteiger partial charge in [0.25, 0.3) is 0 Å². The number of Topliss-reactive ketones (excluding diaryl/α,β-unsaturated/α-hetero) is 1. The van der Waals surface area contributed by atoms with Gasteiger partial charge in [-0.2, -0.15) is 0 Å². The molecular weight excluding hydrogens is 212 g/mol. The molecule has 0 bridgehead atoms. The molecule has 0 amide bonds. The van der Waals surface area contributed by atoms with Gasteiger partial charge in [-0.3, -0.25) is 9.78 Å². The molecule has 17 heavy (non-hydrogen) atoms. The fraction of sp³-hybridized carbons (Fsp3) is 0.286. The van der Waals surface area contributed by atoms with Gasteiger partial charge in [-0.25, -0.2) is 0 Å². The Labute approximate surface area is 100 Å². The first kappa shape index (κ1) is 10.3. The van der Waals surface area contributed by atoms with E-state index in [0.717, 1.165) is 30.5 Å². The van der Waals surface area contributed by atoms with Crippen LogP contribution in [-0.2, 0) is 6.54 Å². The van der Waals surface area contributed by atoms with Gasteiger partial charge in [0, 0.05) is 42.8 Å². The minimum atomic E-state index is 0.296. The summed E-state index contributed by atoms with van der Waals surface area (Å²) in [5, 5.41) is 0. The molecule has 3 nitrogen and oxygen atoms in total. The Morgan fingerprint density at radius 1 is 1.41 bits per heavy atom. The first-order valence-electron chi connectivity index (χ1n) is 5.92. The Balaban J connectivity index is 1.74. The zero-order valence-corrected chi connectivity index (χ0v) is 9.54. The maximum atomic E-state index is 11.8. The molecular formula is C14H14N2O. The molecule has 0 aliphatic heterocycles. The summed E-state index contributed by atoms with van der Waals surface area (Å²) in [6.07, 6.45) is 9.64. The molecule has 3 rings (SSSR count). The van der Waals surface area contributed by atoms with E-state index >= 15 is 0 Å². The van der Waals surface area contributed by atoms with Gasteiger partial charge in [-0.05, 0) is 30.5 Å². The molecule has 1 aliphatic rings. The van der Waals surface area contributed by atoms with E-state index in [1.54, 1.807) is 6.20 Å². The van der Waals surface area contributed by atoms with Crippen molar-refractivity contribution in [2.75, 3.05) is 0 Å². The minimum absolute atomic E-state index is 0.296. The second-order valence-electron chi connectivity index (χ2n) is 4.57. The Kier molecular flexibility index (Phi) is 2.52. The third-order valence-corrected chi connectivity index (χ3v) is 3.07. The zero-order valence-electron chi connectivity index (χ0n) is 9.54. The first-order chi connectivity index (χ1) is 8.33. The van der Waals surface area contributed by atoms with E-state index in [1.165, 1.54) is 0 Å². The van der Waals surface area contributed by atoms with Crippen molar-refractivity contribution >= 4 is 5.78 Å². The van der Waals surface area contributed by atoms with Gasteiger partial charge in [0.05, 0.1) is 0 Å². The highest BCUT2D eigenvalue weighted by Gasteiger charge is 2.30. The highest BCUT2D eigenvalue weighted by atomic mass is 16.1. The lowest BCUT2D eigenvalue weighted by Crippen LogP contribution is -2.00. The summed E-state index contributed by atoms with van der Waals surface area (Å²) in [6, 6.07) is 5.88. The van der Waals surface area contributed by atoms with E-state index in [-0.39, 0.29) is 0 Å². The molecule has 0 radical (unpaired) electrons. The van der Waals surface area contributed by atoms with Gasteiger partial charge >= 0.3 is 0 Å². The quantitative estimate of drug-likeness (QED) is 0.751. The predicted octanol–water partition coefficient (Wildman–Crippen LogP) is 2.52. The average molecular weight is 226 g/mol. The summed E-state index contributed by atoms with van der Waals surface area (Å²) in [7, 11) is 0. The Morgan fingerprint density at radius 2 is 2.29 bits per heavy atom. The molecule has 1 fully saturated rings. The molecule has 2 aromatic heterocycles. The van der Waals surface area contributed by atoms with Crippen molar-refractivity contribution < 1.29 is 4.79 Å². The fourth-order valence-corrected chi connectivity index (χ4v) is 1.97. The van der Waals surface area contributed by atoms with Crippen LogP contribution in [-0.4, -0.2) is 15.3 Å². The van der Waals surface area contributed by atoms with E-state index in [4.69, 9.17) is 0 Å². The molecule has 3 heteroatoms. The Hall–Kier alpha value is -1.90. The van der Waals surface area contributed by atoms with Crippen LogP contribution in [0.1, 0.15) is 28.8 Å². The van der Waals surface area contributed by atoms with E-state index in [9.17, 15) is 4.79 Å². The minimum Gasteiger partial charge on any atom is -0.349 e. The molecule has 0 N–H and O–H groups in total. The summed E-state index contributed by atoms with van der Waals surface area (Å²) in [5.74, 6) is 0.596. The average Bonchev–Trinajstić information content (AvgIpc) is 3.11. The number of hydrogen-bond donors (Lipinski definition) is 0. The topological polar surface area (TPSA) is 34.9 Å². The van der Waals surface area contributed by atoms with Crippen molar-refractivity contribution in [2.24, 2.45) is 5.92 Å². The normalized spacial score (nSPS) is 14.8. The van der Waals surface area contributed by atoms with Crippen LogP contribution in [0.2, 0.25) is 0 Å². The smallest absolute Gasteiger partial charge is 0.167 e. The highest BCUT2D eigenvalue weighted by molar-refractivity contribution is 5.99. The third kappa shape index (κ3) is 2.28. The molecule has 0 unspecified atom stereocenters. The summed E-state index contributed by atoms with van der Waals surface area (Å²) in [4.78, 5) is 15.9. The van der Waals surface area contributed by atoms with Crippen LogP contribution in [0.4, 0.5) is 0 Å². The van der Waals surface area contributed by atoms with E-state index in [1.807, 2.05) is 41.4 Å².